The highest BCUT2D eigenvalue weighted by Gasteiger charge is 2.24. The summed E-state index contributed by atoms with van der Waals surface area (Å²) in [7, 11) is 0. The van der Waals surface area contributed by atoms with E-state index in [4.69, 9.17) is 9.73 Å². The van der Waals surface area contributed by atoms with Crippen LogP contribution in [0, 0.1) is 0 Å². The van der Waals surface area contributed by atoms with Crippen molar-refractivity contribution in [3.63, 3.8) is 0 Å². The predicted octanol–water partition coefficient (Wildman–Crippen LogP) is 3.33. The summed E-state index contributed by atoms with van der Waals surface area (Å²) < 4.78 is 6.07. The Morgan fingerprint density at radius 2 is 2.03 bits per heavy atom. The molecule has 0 radical (unpaired) electrons. The highest BCUT2D eigenvalue weighted by molar-refractivity contribution is 5.80. The Labute approximate surface area is 174 Å². The van der Waals surface area contributed by atoms with Crippen LogP contribution in [-0.4, -0.2) is 58.8 Å². The zero-order valence-electron chi connectivity index (χ0n) is 18.1. The van der Waals surface area contributed by atoms with Gasteiger partial charge in [0.2, 0.25) is 0 Å². The van der Waals surface area contributed by atoms with Crippen molar-refractivity contribution in [2.75, 3.05) is 32.8 Å². The van der Waals surface area contributed by atoms with E-state index in [-0.39, 0.29) is 5.41 Å². The number of aromatic amines is 1. The Morgan fingerprint density at radius 3 is 2.69 bits per heavy atom. The molecule has 0 aliphatic carbocycles. The number of aromatic nitrogens is 3. The maximum atomic E-state index is 6.07. The Hall–Kier alpha value is -2.57. The number of nitrogens with zero attached hydrogens (tertiary/aromatic N) is 4. The second-order valence-corrected chi connectivity index (χ2v) is 8.46. The number of hydrogen-bond donors (Lipinski definition) is 2. The normalized spacial score (nSPS) is 16.1. The highest BCUT2D eigenvalue weighted by Crippen LogP contribution is 2.30. The van der Waals surface area contributed by atoms with E-state index in [1.807, 2.05) is 12.1 Å². The highest BCUT2D eigenvalue weighted by atomic mass is 16.5. The molecule has 0 bridgehead atoms. The molecule has 1 fully saturated rings. The third-order valence-electron chi connectivity index (χ3n) is 5.26. The zero-order valence-corrected chi connectivity index (χ0v) is 18.1. The topological polar surface area (TPSA) is 78.4 Å². The van der Waals surface area contributed by atoms with Crippen LogP contribution < -0.4 is 10.1 Å². The lowest BCUT2D eigenvalue weighted by molar-refractivity contribution is 0.294. The van der Waals surface area contributed by atoms with Crippen molar-refractivity contribution in [1.82, 2.24) is 25.4 Å². The summed E-state index contributed by atoms with van der Waals surface area (Å²) in [4.78, 5) is 11.4. The van der Waals surface area contributed by atoms with E-state index < -0.39 is 0 Å². The molecular weight excluding hydrogens is 364 g/mol. The monoisotopic (exact) mass is 398 g/mol. The average molecular weight is 399 g/mol. The van der Waals surface area contributed by atoms with Crippen LogP contribution in [0.25, 0.3) is 0 Å². The first-order valence-electron chi connectivity index (χ1n) is 10.6. The lowest BCUT2D eigenvalue weighted by Gasteiger charge is -2.33. The smallest absolute Gasteiger partial charge is 0.194 e. The van der Waals surface area contributed by atoms with Gasteiger partial charge in [-0.1, -0.05) is 39.0 Å². The molecule has 29 heavy (non-hydrogen) atoms. The van der Waals surface area contributed by atoms with Gasteiger partial charge in [0.25, 0.3) is 0 Å². The van der Waals surface area contributed by atoms with E-state index in [0.717, 1.165) is 50.0 Å². The van der Waals surface area contributed by atoms with Gasteiger partial charge >= 0.3 is 0 Å². The molecule has 1 aromatic heterocycles. The van der Waals surface area contributed by atoms with Gasteiger partial charge in [-0.25, -0.2) is 9.98 Å². The van der Waals surface area contributed by atoms with E-state index in [0.29, 0.717) is 19.1 Å². The van der Waals surface area contributed by atoms with Gasteiger partial charge in [0.1, 0.15) is 24.5 Å². The number of guanidine groups is 1. The van der Waals surface area contributed by atoms with Crippen molar-refractivity contribution in [2.24, 2.45) is 4.99 Å². The van der Waals surface area contributed by atoms with E-state index in [1.54, 1.807) is 6.33 Å². The molecule has 0 saturated carbocycles. The van der Waals surface area contributed by atoms with Crippen LogP contribution >= 0.6 is 0 Å². The van der Waals surface area contributed by atoms with Crippen molar-refractivity contribution in [1.29, 1.82) is 0 Å². The van der Waals surface area contributed by atoms with Gasteiger partial charge in [-0.05, 0) is 36.8 Å². The minimum absolute atomic E-state index is 0.0582. The van der Waals surface area contributed by atoms with Crippen LogP contribution in [0.4, 0.5) is 0 Å². The van der Waals surface area contributed by atoms with Gasteiger partial charge in [-0.3, -0.25) is 5.10 Å². The minimum Gasteiger partial charge on any atom is -0.491 e. The largest absolute Gasteiger partial charge is 0.491 e. The molecule has 0 atom stereocenters. The second-order valence-electron chi connectivity index (χ2n) is 8.46. The number of para-hydroxylation sites is 1. The number of ether oxygens (including phenoxy) is 1. The van der Waals surface area contributed by atoms with Crippen molar-refractivity contribution in [3.05, 3.63) is 42.0 Å². The molecular formula is C22H34N6O. The molecule has 3 rings (SSSR count). The molecule has 0 amide bonds. The number of rotatable bonds is 6. The number of piperidine rings is 1. The molecule has 1 aromatic carbocycles. The number of H-pyrrole nitrogens is 1. The Morgan fingerprint density at radius 1 is 1.28 bits per heavy atom. The second kappa shape index (κ2) is 9.76. The van der Waals surface area contributed by atoms with Gasteiger partial charge in [0, 0.05) is 25.6 Å². The summed E-state index contributed by atoms with van der Waals surface area (Å²) in [5, 5.41) is 10.4. The molecule has 158 valence electrons. The van der Waals surface area contributed by atoms with Crippen LogP contribution in [-0.2, 0) is 5.41 Å². The maximum absolute atomic E-state index is 6.07. The fraction of sp³-hybridized carbons (Fsp3) is 0.591. The summed E-state index contributed by atoms with van der Waals surface area (Å²) in [6, 6.07) is 8.28. The van der Waals surface area contributed by atoms with Crippen LogP contribution in [0.5, 0.6) is 5.75 Å². The fourth-order valence-corrected chi connectivity index (χ4v) is 3.72. The van der Waals surface area contributed by atoms with Crippen molar-refractivity contribution >= 4 is 5.96 Å². The van der Waals surface area contributed by atoms with Gasteiger partial charge < -0.3 is 15.0 Å². The Balaban J connectivity index is 1.54. The standard InChI is InChI=1S/C22H34N6O/c1-5-23-21(28-13-10-17(11-14-28)20-25-16-26-27-20)24-12-15-29-19-9-7-6-8-18(19)22(2,3)4/h6-9,16-17H,5,10-15H2,1-4H3,(H,23,24)(H,25,26,27). The summed E-state index contributed by atoms with van der Waals surface area (Å²) in [5.41, 5.74) is 1.29. The Kier molecular flexibility index (Phi) is 7.12. The molecule has 2 N–H and O–H groups in total. The molecule has 0 unspecified atom stereocenters. The quantitative estimate of drug-likeness (QED) is 0.443. The number of aliphatic imine (C=N–C) groups is 1. The third kappa shape index (κ3) is 5.71. The first-order valence-corrected chi connectivity index (χ1v) is 10.6. The summed E-state index contributed by atoms with van der Waals surface area (Å²) in [6.07, 6.45) is 3.69. The first-order chi connectivity index (χ1) is 14.0. The van der Waals surface area contributed by atoms with Crippen LogP contribution in [0.1, 0.15) is 57.8 Å². The number of likely N-dealkylation sites (tertiary alicyclic amines) is 1. The zero-order chi connectivity index (χ0) is 20.7. The molecule has 0 spiro atoms. The molecule has 2 aromatic rings. The summed E-state index contributed by atoms with van der Waals surface area (Å²) >= 11 is 0. The lowest BCUT2D eigenvalue weighted by atomic mass is 9.86. The van der Waals surface area contributed by atoms with Crippen molar-refractivity contribution < 1.29 is 4.74 Å². The van der Waals surface area contributed by atoms with E-state index in [2.05, 4.69) is 65.2 Å². The van der Waals surface area contributed by atoms with E-state index in [9.17, 15) is 0 Å². The fourth-order valence-electron chi connectivity index (χ4n) is 3.72. The third-order valence-corrected chi connectivity index (χ3v) is 5.26. The van der Waals surface area contributed by atoms with Gasteiger partial charge in [-0.15, -0.1) is 0 Å². The average Bonchev–Trinajstić information content (AvgIpc) is 3.25. The maximum Gasteiger partial charge on any atom is 0.194 e. The van der Waals surface area contributed by atoms with Crippen molar-refractivity contribution in [3.8, 4) is 5.75 Å². The lowest BCUT2D eigenvalue weighted by Crippen LogP contribution is -2.45. The van der Waals surface area contributed by atoms with E-state index >= 15 is 0 Å². The predicted molar refractivity (Wildman–Crippen MR) is 117 cm³/mol. The summed E-state index contributed by atoms with van der Waals surface area (Å²) in [5.74, 6) is 3.37. The van der Waals surface area contributed by atoms with Gasteiger partial charge in [0.05, 0.1) is 6.54 Å². The van der Waals surface area contributed by atoms with E-state index in [1.165, 1.54) is 5.56 Å². The van der Waals surface area contributed by atoms with Crippen LogP contribution in [0.15, 0.2) is 35.6 Å². The molecule has 7 nitrogen and oxygen atoms in total. The van der Waals surface area contributed by atoms with Crippen molar-refractivity contribution in [2.45, 2.75) is 51.9 Å². The SMILES string of the molecule is CCNC(=NCCOc1ccccc1C(C)(C)C)N1CCC(c2ncn[nH]2)CC1. The molecule has 1 aliphatic rings. The van der Waals surface area contributed by atoms with Crippen LogP contribution in [0.2, 0.25) is 0 Å². The van der Waals surface area contributed by atoms with Gasteiger partial charge in [0.15, 0.2) is 5.96 Å². The van der Waals surface area contributed by atoms with Gasteiger partial charge in [-0.2, -0.15) is 5.10 Å². The number of hydrogen-bond acceptors (Lipinski definition) is 4. The molecule has 7 heteroatoms. The first kappa shape index (κ1) is 21.1. The minimum atomic E-state index is 0.0582. The molecule has 1 aliphatic heterocycles. The Bertz CT molecular complexity index is 773. The molecule has 1 saturated heterocycles. The van der Waals surface area contributed by atoms with Crippen LogP contribution in [0.3, 0.4) is 0 Å². The molecule has 2 heterocycles. The summed E-state index contributed by atoms with van der Waals surface area (Å²) in [6.45, 7) is 12.7. The number of benzene rings is 1. The number of nitrogens with one attached hydrogen (secondary N) is 2.